The summed E-state index contributed by atoms with van der Waals surface area (Å²) in [6.45, 7) is 7.18. The van der Waals surface area contributed by atoms with Crippen LogP contribution in [0, 0.1) is 5.92 Å². The standard InChI is InChI=1S/C11H21N3O2/c1-5-11(8(2)3)9(12)13-10(15)14(11)6-7-16-4/h8H,5-7H2,1-4H3,(H2,12,13,15). The zero-order valence-electron chi connectivity index (χ0n) is 10.5. The van der Waals surface area contributed by atoms with E-state index in [9.17, 15) is 4.79 Å². The Morgan fingerprint density at radius 1 is 1.56 bits per heavy atom. The van der Waals surface area contributed by atoms with E-state index in [1.54, 1.807) is 12.0 Å². The number of amides is 2. The molecule has 1 atom stereocenters. The van der Waals surface area contributed by atoms with Crippen molar-refractivity contribution in [1.82, 2.24) is 4.90 Å². The van der Waals surface area contributed by atoms with E-state index in [0.717, 1.165) is 6.42 Å². The lowest BCUT2D eigenvalue weighted by molar-refractivity contribution is 0.0999. The average Bonchev–Trinajstić information content (AvgIpc) is 2.47. The van der Waals surface area contributed by atoms with Gasteiger partial charge in [-0.1, -0.05) is 20.8 Å². The van der Waals surface area contributed by atoms with E-state index in [-0.39, 0.29) is 11.9 Å². The van der Waals surface area contributed by atoms with Crippen molar-refractivity contribution < 1.29 is 9.53 Å². The molecule has 0 spiro atoms. The molecule has 0 aromatic carbocycles. The molecular formula is C11H21N3O2. The lowest BCUT2D eigenvalue weighted by atomic mass is 9.82. The van der Waals surface area contributed by atoms with Gasteiger partial charge in [-0.3, -0.25) is 0 Å². The van der Waals surface area contributed by atoms with E-state index in [1.807, 2.05) is 6.92 Å². The van der Waals surface area contributed by atoms with E-state index < -0.39 is 5.54 Å². The zero-order chi connectivity index (χ0) is 12.3. The van der Waals surface area contributed by atoms with Crippen LogP contribution >= 0.6 is 0 Å². The first-order chi connectivity index (χ1) is 7.50. The largest absolute Gasteiger partial charge is 0.385 e. The van der Waals surface area contributed by atoms with Gasteiger partial charge in [-0.25, -0.2) is 4.79 Å². The number of carbonyl (C=O) groups is 1. The second-order valence-electron chi connectivity index (χ2n) is 4.36. The van der Waals surface area contributed by atoms with Crippen molar-refractivity contribution in [3.8, 4) is 0 Å². The molecule has 1 unspecified atom stereocenters. The van der Waals surface area contributed by atoms with Gasteiger partial charge in [0.05, 0.1) is 6.61 Å². The van der Waals surface area contributed by atoms with Gasteiger partial charge in [-0.2, -0.15) is 4.99 Å². The number of aliphatic imine (C=N–C) groups is 1. The minimum absolute atomic E-state index is 0.240. The number of amidine groups is 1. The molecule has 2 N–H and O–H groups in total. The molecular weight excluding hydrogens is 206 g/mol. The molecule has 1 rings (SSSR count). The number of ether oxygens (including phenoxy) is 1. The topological polar surface area (TPSA) is 67.9 Å². The fourth-order valence-electron chi connectivity index (χ4n) is 2.43. The zero-order valence-corrected chi connectivity index (χ0v) is 10.5. The first kappa shape index (κ1) is 13.0. The van der Waals surface area contributed by atoms with Gasteiger partial charge in [0.25, 0.3) is 0 Å². The number of hydrogen-bond donors (Lipinski definition) is 1. The number of nitrogens with zero attached hydrogens (tertiary/aromatic N) is 2. The second kappa shape index (κ2) is 4.82. The fraction of sp³-hybridized carbons (Fsp3) is 0.818. The third-order valence-corrected chi connectivity index (χ3v) is 3.39. The predicted octanol–water partition coefficient (Wildman–Crippen LogP) is 1.23. The monoisotopic (exact) mass is 227 g/mol. The van der Waals surface area contributed by atoms with E-state index in [1.165, 1.54) is 0 Å². The molecule has 0 aliphatic carbocycles. The van der Waals surface area contributed by atoms with Crippen molar-refractivity contribution in [1.29, 1.82) is 0 Å². The summed E-state index contributed by atoms with van der Waals surface area (Å²) in [4.78, 5) is 17.4. The van der Waals surface area contributed by atoms with Gasteiger partial charge in [-0.05, 0) is 12.3 Å². The molecule has 0 bridgehead atoms. The van der Waals surface area contributed by atoms with Gasteiger partial charge >= 0.3 is 6.03 Å². The number of methoxy groups -OCH3 is 1. The first-order valence-electron chi connectivity index (χ1n) is 5.65. The Labute approximate surface area is 96.7 Å². The Hall–Kier alpha value is -1.10. The Morgan fingerprint density at radius 2 is 2.19 bits per heavy atom. The van der Waals surface area contributed by atoms with Crippen LogP contribution in [0.5, 0.6) is 0 Å². The van der Waals surface area contributed by atoms with Crippen LogP contribution in [-0.2, 0) is 4.74 Å². The summed E-state index contributed by atoms with van der Waals surface area (Å²) in [6.07, 6.45) is 0.773. The molecule has 1 aliphatic heterocycles. The first-order valence-corrected chi connectivity index (χ1v) is 5.65. The van der Waals surface area contributed by atoms with Crippen LogP contribution in [0.25, 0.3) is 0 Å². The van der Waals surface area contributed by atoms with Crippen LogP contribution in [0.1, 0.15) is 27.2 Å². The fourth-order valence-corrected chi connectivity index (χ4v) is 2.43. The van der Waals surface area contributed by atoms with E-state index >= 15 is 0 Å². The molecule has 5 heteroatoms. The molecule has 5 nitrogen and oxygen atoms in total. The highest BCUT2D eigenvalue weighted by molar-refractivity contribution is 6.06. The summed E-state index contributed by atoms with van der Waals surface area (Å²) in [5.74, 6) is 0.677. The highest BCUT2D eigenvalue weighted by Gasteiger charge is 2.48. The van der Waals surface area contributed by atoms with Crippen LogP contribution < -0.4 is 5.73 Å². The molecule has 0 saturated heterocycles. The summed E-state index contributed by atoms with van der Waals surface area (Å²) in [6, 6.07) is -0.245. The number of nitrogens with two attached hydrogens (primary N) is 1. The minimum Gasteiger partial charge on any atom is -0.385 e. The maximum Gasteiger partial charge on any atom is 0.346 e. The van der Waals surface area contributed by atoms with Crippen LogP contribution in [0.4, 0.5) is 4.79 Å². The smallest absolute Gasteiger partial charge is 0.346 e. The van der Waals surface area contributed by atoms with E-state index in [0.29, 0.717) is 19.0 Å². The van der Waals surface area contributed by atoms with Crippen molar-refractivity contribution >= 4 is 11.9 Å². The number of carbonyl (C=O) groups excluding carboxylic acids is 1. The molecule has 1 aliphatic rings. The van der Waals surface area contributed by atoms with Gasteiger partial charge in [0.15, 0.2) is 0 Å². The lowest BCUT2D eigenvalue weighted by Gasteiger charge is -2.40. The van der Waals surface area contributed by atoms with Crippen LogP contribution in [0.2, 0.25) is 0 Å². The molecule has 1 heterocycles. The Balaban J connectivity index is 3.00. The van der Waals surface area contributed by atoms with Crippen molar-refractivity contribution in [3.63, 3.8) is 0 Å². The summed E-state index contributed by atoms with van der Waals surface area (Å²) >= 11 is 0. The van der Waals surface area contributed by atoms with Gasteiger partial charge in [-0.15, -0.1) is 0 Å². The predicted molar refractivity (Wildman–Crippen MR) is 63.5 cm³/mol. The molecule has 92 valence electrons. The van der Waals surface area contributed by atoms with Gasteiger partial charge in [0.1, 0.15) is 11.4 Å². The number of rotatable bonds is 5. The summed E-state index contributed by atoms with van der Waals surface area (Å²) < 4.78 is 5.02. The molecule has 0 aromatic rings. The number of hydrogen-bond acceptors (Lipinski definition) is 3. The van der Waals surface area contributed by atoms with Crippen LogP contribution in [0.15, 0.2) is 4.99 Å². The SMILES string of the molecule is CCC1(C(C)C)C(N)=NC(=O)N1CCOC. The third kappa shape index (κ3) is 1.80. The van der Waals surface area contributed by atoms with E-state index in [4.69, 9.17) is 10.5 Å². The van der Waals surface area contributed by atoms with Crippen molar-refractivity contribution in [2.45, 2.75) is 32.7 Å². The Morgan fingerprint density at radius 3 is 2.62 bits per heavy atom. The molecule has 0 saturated carbocycles. The maximum atomic E-state index is 11.8. The van der Waals surface area contributed by atoms with Gasteiger partial charge < -0.3 is 15.4 Å². The lowest BCUT2D eigenvalue weighted by Crippen LogP contribution is -2.58. The minimum atomic E-state index is -0.435. The molecule has 2 amide bonds. The maximum absolute atomic E-state index is 11.8. The quantitative estimate of drug-likeness (QED) is 0.768. The Bertz CT molecular complexity index is 302. The van der Waals surface area contributed by atoms with Crippen LogP contribution in [-0.4, -0.2) is 42.6 Å². The third-order valence-electron chi connectivity index (χ3n) is 3.39. The van der Waals surface area contributed by atoms with E-state index in [2.05, 4.69) is 18.8 Å². The molecule has 0 aromatic heterocycles. The molecule has 0 radical (unpaired) electrons. The van der Waals surface area contributed by atoms with Crippen molar-refractivity contribution in [3.05, 3.63) is 0 Å². The van der Waals surface area contributed by atoms with Gasteiger partial charge in [0.2, 0.25) is 0 Å². The Kier molecular flexibility index (Phi) is 3.91. The highest BCUT2D eigenvalue weighted by Crippen LogP contribution is 2.33. The second-order valence-corrected chi connectivity index (χ2v) is 4.36. The summed E-state index contributed by atoms with van der Waals surface area (Å²) in [5.41, 5.74) is 5.49. The normalized spacial score (nSPS) is 25.4. The van der Waals surface area contributed by atoms with Crippen LogP contribution in [0.3, 0.4) is 0 Å². The highest BCUT2D eigenvalue weighted by atomic mass is 16.5. The molecule has 16 heavy (non-hydrogen) atoms. The van der Waals surface area contributed by atoms with Crippen molar-refractivity contribution in [2.75, 3.05) is 20.3 Å². The summed E-state index contributed by atoms with van der Waals surface area (Å²) in [7, 11) is 1.62. The average molecular weight is 227 g/mol. The number of urea groups is 1. The summed E-state index contributed by atoms with van der Waals surface area (Å²) in [5, 5.41) is 0. The van der Waals surface area contributed by atoms with Crippen molar-refractivity contribution in [2.24, 2.45) is 16.6 Å². The molecule has 0 fully saturated rings. The van der Waals surface area contributed by atoms with Gasteiger partial charge in [0, 0.05) is 13.7 Å².